The van der Waals surface area contributed by atoms with E-state index >= 15 is 0 Å². The highest BCUT2D eigenvalue weighted by Crippen LogP contribution is 2.35. The Morgan fingerprint density at radius 1 is 1.47 bits per heavy atom. The van der Waals surface area contributed by atoms with Gasteiger partial charge in [-0.25, -0.2) is 4.98 Å². The first-order chi connectivity index (χ1) is 12.8. The second-order valence-corrected chi connectivity index (χ2v) is 4.65. The predicted octanol–water partition coefficient (Wildman–Crippen LogP) is 2.79. The molecule has 0 amide bonds. The van der Waals surface area contributed by atoms with E-state index in [4.69, 9.17) is 12.3 Å². The van der Waals surface area contributed by atoms with Gasteiger partial charge in [0.15, 0.2) is 5.16 Å². The molecule has 4 nitrogen and oxygen atoms in total. The zero-order valence-electron chi connectivity index (χ0n) is 18.8. The number of aliphatic hydroxyl groups excluding tert-OH is 1. The first kappa shape index (κ1) is 5.97. The summed E-state index contributed by atoms with van der Waals surface area (Å²) in [5.74, 6) is 0. The molecular weight excluding hydrogens is 258 g/mol. The topological polar surface area (TPSA) is 50.9 Å². The van der Waals surface area contributed by atoms with E-state index in [0.29, 0.717) is 5.69 Å². The lowest BCUT2D eigenvalue weighted by Crippen LogP contribution is -2.04. The van der Waals surface area contributed by atoms with Gasteiger partial charge in [0.1, 0.15) is 0 Å². The average Bonchev–Trinajstić information content (AvgIpc) is 3.05. The highest BCUT2D eigenvalue weighted by Gasteiger charge is 2.20. The van der Waals surface area contributed by atoms with Crippen LogP contribution in [-0.4, -0.2) is 24.9 Å². The van der Waals surface area contributed by atoms with Crippen molar-refractivity contribution in [3.05, 3.63) is 36.4 Å². The lowest BCUT2D eigenvalue weighted by molar-refractivity contribution is 0.274. The summed E-state index contributed by atoms with van der Waals surface area (Å²) in [6.07, 6.45) is -8.76. The second-order valence-electron chi connectivity index (χ2n) is 3.67. The van der Waals surface area contributed by atoms with Crippen molar-refractivity contribution in [2.24, 2.45) is 0 Å². The molecule has 1 fully saturated rings. The molecule has 2 aromatic rings. The summed E-state index contributed by atoms with van der Waals surface area (Å²) in [6, 6.07) is 3.22. The van der Waals surface area contributed by atoms with Crippen molar-refractivity contribution in [1.82, 2.24) is 14.5 Å². The summed E-state index contributed by atoms with van der Waals surface area (Å²) < 4.78 is 74.0. The van der Waals surface area contributed by atoms with Crippen LogP contribution in [0.5, 0.6) is 0 Å². The number of hydrogen-bond donors (Lipinski definition) is 1. The highest BCUT2D eigenvalue weighted by molar-refractivity contribution is 7.99. The molecule has 2 heterocycles. The summed E-state index contributed by atoms with van der Waals surface area (Å²) in [5.41, 5.74) is 0.685. The Morgan fingerprint density at radius 3 is 3.00 bits per heavy atom. The van der Waals surface area contributed by atoms with Crippen LogP contribution in [0.25, 0.3) is 5.69 Å². The molecule has 2 aromatic heterocycles. The first-order valence-electron chi connectivity index (χ1n) is 10.0. The predicted molar refractivity (Wildman–Crippen MR) is 75.4 cm³/mol. The maximum atomic E-state index is 9.58. The van der Waals surface area contributed by atoms with Gasteiger partial charge in [-0.1, -0.05) is 24.5 Å². The van der Waals surface area contributed by atoms with Gasteiger partial charge in [-0.15, -0.1) is 0 Å². The molecule has 0 bridgehead atoms. The molecule has 1 aliphatic rings. The Labute approximate surface area is 129 Å². The van der Waals surface area contributed by atoms with Gasteiger partial charge in [0.2, 0.25) is 0 Å². The van der Waals surface area contributed by atoms with Crippen LogP contribution in [0.15, 0.2) is 35.9 Å². The van der Waals surface area contributed by atoms with Crippen molar-refractivity contribution in [2.45, 2.75) is 42.5 Å². The number of rotatable bonds is 4. The zero-order valence-corrected chi connectivity index (χ0v) is 10.6. The quantitative estimate of drug-likeness (QED) is 0.938. The van der Waals surface area contributed by atoms with Crippen LogP contribution in [0.4, 0.5) is 0 Å². The minimum Gasteiger partial charge on any atom is -0.390 e. The molecule has 0 aliphatic heterocycles. The summed E-state index contributed by atoms with van der Waals surface area (Å²) >= 11 is 0.279. The van der Waals surface area contributed by atoms with E-state index in [2.05, 4.69) is 9.97 Å². The fraction of sp³-hybridized carbons (Fsp3) is 0.429. The number of pyridine rings is 1. The van der Waals surface area contributed by atoms with Gasteiger partial charge < -0.3 is 5.11 Å². The van der Waals surface area contributed by atoms with Gasteiger partial charge in [0.25, 0.3) is 0 Å². The smallest absolute Gasteiger partial charge is 0.173 e. The summed E-state index contributed by atoms with van der Waals surface area (Å²) in [7, 11) is 0. The molecule has 1 aliphatic carbocycles. The Kier molecular flexibility index (Phi) is 1.81. The van der Waals surface area contributed by atoms with Crippen LogP contribution in [0.2, 0.25) is 0 Å². The van der Waals surface area contributed by atoms with Crippen LogP contribution >= 0.6 is 11.8 Å². The number of aliphatic hydroxyl groups is 1. The van der Waals surface area contributed by atoms with Crippen molar-refractivity contribution >= 4 is 11.8 Å². The Balaban J connectivity index is 2.18. The number of nitrogens with zero attached hydrogens (tertiary/aromatic N) is 3. The van der Waals surface area contributed by atoms with E-state index in [0.717, 1.165) is 0 Å². The van der Waals surface area contributed by atoms with Gasteiger partial charge in [-0.3, -0.25) is 9.55 Å². The van der Waals surface area contributed by atoms with Crippen LogP contribution < -0.4 is 0 Å². The van der Waals surface area contributed by atoms with Crippen LogP contribution in [-0.2, 0) is 6.61 Å². The summed E-state index contributed by atoms with van der Waals surface area (Å²) in [5, 5.41) is 6.58. The number of hydrogen-bond acceptors (Lipinski definition) is 4. The third kappa shape index (κ3) is 2.67. The highest BCUT2D eigenvalue weighted by atomic mass is 32.2. The van der Waals surface area contributed by atoms with Crippen molar-refractivity contribution in [1.29, 1.82) is 0 Å². The molecule has 0 saturated heterocycles. The van der Waals surface area contributed by atoms with Crippen molar-refractivity contribution in [2.75, 3.05) is 0 Å². The first-order valence-corrected chi connectivity index (χ1v) is 6.35. The lowest BCUT2D eigenvalue weighted by atomic mass is 10.4. The molecule has 5 heteroatoms. The van der Waals surface area contributed by atoms with E-state index in [1.165, 1.54) is 23.2 Å². The van der Waals surface area contributed by atoms with Gasteiger partial charge in [0.05, 0.1) is 30.4 Å². The van der Waals surface area contributed by atoms with E-state index in [1.807, 2.05) is 0 Å². The summed E-state index contributed by atoms with van der Waals surface area (Å²) in [4.78, 5) is 7.99. The fourth-order valence-corrected chi connectivity index (χ4v) is 2.47. The van der Waals surface area contributed by atoms with Crippen molar-refractivity contribution in [3.63, 3.8) is 0 Å². The molecule has 0 spiro atoms. The average molecular weight is 284 g/mol. The van der Waals surface area contributed by atoms with E-state index in [-0.39, 0.29) is 22.6 Å². The van der Waals surface area contributed by atoms with Crippen molar-refractivity contribution in [3.8, 4) is 5.69 Å². The molecule has 1 saturated carbocycles. The SMILES string of the molecule is [2H]C1([2H])C([2H])([2H])C([2H])([2H])C([2H])(Sc2ncc(CO)n2-c2cccnc2)C1([2H])[2H]. The van der Waals surface area contributed by atoms with Gasteiger partial charge in [0, 0.05) is 23.8 Å². The van der Waals surface area contributed by atoms with E-state index in [1.54, 1.807) is 12.1 Å². The molecular formula is C14H17N3OS. The van der Waals surface area contributed by atoms with E-state index in [9.17, 15) is 5.11 Å². The van der Waals surface area contributed by atoms with Crippen molar-refractivity contribution < 1.29 is 17.4 Å². The maximum absolute atomic E-state index is 9.58. The Bertz CT molecular complexity index is 861. The van der Waals surface area contributed by atoms with Gasteiger partial charge >= 0.3 is 0 Å². The second kappa shape index (κ2) is 5.75. The molecule has 0 unspecified atom stereocenters. The third-order valence-corrected chi connectivity index (χ3v) is 3.36. The number of thioether (sulfide) groups is 1. The van der Waals surface area contributed by atoms with Crippen LogP contribution in [0.1, 0.15) is 43.5 Å². The molecule has 3 rings (SSSR count). The van der Waals surface area contributed by atoms with Crippen LogP contribution in [0.3, 0.4) is 0 Å². The fourth-order valence-electron chi connectivity index (χ4n) is 1.66. The standard InChI is InChI=1S/C14H17N3OS/c18-10-12-9-16-14(19-13-5-1-2-6-13)17(12)11-4-3-7-15-8-11/h3-4,7-9,13,18H,1-2,5-6,10H2/i1D2,2D2,5D2,6D2,13D. The minimum absolute atomic E-state index is 0.0895. The van der Waals surface area contributed by atoms with Crippen LogP contribution in [0, 0.1) is 0 Å². The monoisotopic (exact) mass is 284 g/mol. The third-order valence-electron chi connectivity index (χ3n) is 2.48. The number of imidazole rings is 1. The van der Waals surface area contributed by atoms with E-state index < -0.39 is 37.3 Å². The Morgan fingerprint density at radius 2 is 2.32 bits per heavy atom. The minimum atomic E-state index is -3.27. The molecule has 0 radical (unpaired) electrons. The molecule has 0 atom stereocenters. The molecule has 1 N–H and O–H groups in total. The molecule has 0 aromatic carbocycles. The molecule has 19 heavy (non-hydrogen) atoms. The van der Waals surface area contributed by atoms with Gasteiger partial charge in [-0.05, 0) is 24.9 Å². The Hall–Kier alpha value is -1.33. The normalized spacial score (nSPS) is 35.3. The lowest BCUT2D eigenvalue weighted by Gasteiger charge is -2.12. The number of aromatic nitrogens is 3. The zero-order chi connectivity index (χ0) is 21.2. The maximum Gasteiger partial charge on any atom is 0.173 e. The van der Waals surface area contributed by atoms with Gasteiger partial charge in [-0.2, -0.15) is 0 Å². The molecule has 100 valence electrons. The summed E-state index contributed by atoms with van der Waals surface area (Å²) in [6.45, 7) is -0.450. The largest absolute Gasteiger partial charge is 0.390 e.